The van der Waals surface area contributed by atoms with Gasteiger partial charge in [0.2, 0.25) is 0 Å². The molecule has 1 heterocycles. The van der Waals surface area contributed by atoms with Crippen LogP contribution in [0, 0.1) is 6.92 Å². The standard InChI is InChI=1S/C25H24Cl2N2O2/c1-18-6-9-21(26)16-24(18)28-12-14-29(15-13-28)25(30)19-7-10-22(11-8-19)31-17-20-4-2-3-5-23(20)27/h2-11,16H,12-15,17H2,1H3. The lowest BCUT2D eigenvalue weighted by atomic mass is 10.1. The highest BCUT2D eigenvalue weighted by molar-refractivity contribution is 6.31. The molecule has 0 bridgehead atoms. The summed E-state index contributed by atoms with van der Waals surface area (Å²) in [6, 6.07) is 20.8. The highest BCUT2D eigenvalue weighted by atomic mass is 35.5. The Morgan fingerprint density at radius 2 is 1.65 bits per heavy atom. The fraction of sp³-hybridized carbons (Fsp3) is 0.240. The van der Waals surface area contributed by atoms with Gasteiger partial charge in [0.05, 0.1) is 0 Å². The van der Waals surface area contributed by atoms with Crippen molar-refractivity contribution in [1.82, 2.24) is 4.90 Å². The van der Waals surface area contributed by atoms with Crippen molar-refractivity contribution in [2.45, 2.75) is 13.5 Å². The Labute approximate surface area is 192 Å². The molecule has 31 heavy (non-hydrogen) atoms. The van der Waals surface area contributed by atoms with E-state index in [1.807, 2.05) is 71.6 Å². The predicted octanol–water partition coefficient (Wildman–Crippen LogP) is 5.84. The Morgan fingerprint density at radius 3 is 2.35 bits per heavy atom. The summed E-state index contributed by atoms with van der Waals surface area (Å²) < 4.78 is 5.81. The van der Waals surface area contributed by atoms with Crippen LogP contribution < -0.4 is 9.64 Å². The monoisotopic (exact) mass is 454 g/mol. The van der Waals surface area contributed by atoms with Crippen molar-refractivity contribution in [2.75, 3.05) is 31.1 Å². The van der Waals surface area contributed by atoms with Crippen molar-refractivity contribution in [1.29, 1.82) is 0 Å². The van der Waals surface area contributed by atoms with Crippen LogP contribution in [0.25, 0.3) is 0 Å². The maximum Gasteiger partial charge on any atom is 0.253 e. The molecule has 1 amide bonds. The van der Waals surface area contributed by atoms with Crippen LogP contribution in [0.15, 0.2) is 66.7 Å². The number of carbonyl (C=O) groups is 1. The molecule has 0 aliphatic carbocycles. The zero-order valence-electron chi connectivity index (χ0n) is 17.4. The van der Waals surface area contributed by atoms with E-state index in [0.717, 1.165) is 29.4 Å². The number of halogens is 2. The van der Waals surface area contributed by atoms with Crippen molar-refractivity contribution in [3.63, 3.8) is 0 Å². The fourth-order valence-electron chi connectivity index (χ4n) is 3.73. The summed E-state index contributed by atoms with van der Waals surface area (Å²) in [7, 11) is 0. The molecular weight excluding hydrogens is 431 g/mol. The van der Waals surface area contributed by atoms with Crippen LogP contribution in [-0.4, -0.2) is 37.0 Å². The van der Waals surface area contributed by atoms with E-state index >= 15 is 0 Å². The lowest BCUT2D eigenvalue weighted by Gasteiger charge is -2.37. The van der Waals surface area contributed by atoms with Crippen molar-refractivity contribution < 1.29 is 9.53 Å². The molecule has 4 nitrogen and oxygen atoms in total. The maximum absolute atomic E-state index is 12.9. The normalized spacial score (nSPS) is 13.9. The van der Waals surface area contributed by atoms with E-state index in [2.05, 4.69) is 11.8 Å². The van der Waals surface area contributed by atoms with Crippen molar-refractivity contribution >= 4 is 34.8 Å². The quantitative estimate of drug-likeness (QED) is 0.485. The van der Waals surface area contributed by atoms with E-state index in [9.17, 15) is 4.79 Å². The highest BCUT2D eigenvalue weighted by Crippen LogP contribution is 2.26. The molecule has 0 saturated carbocycles. The van der Waals surface area contributed by atoms with Crippen molar-refractivity contribution in [3.8, 4) is 5.75 Å². The third-order valence-electron chi connectivity index (χ3n) is 5.53. The van der Waals surface area contributed by atoms with E-state index in [0.29, 0.717) is 36.0 Å². The van der Waals surface area contributed by atoms with Gasteiger partial charge in [0.25, 0.3) is 5.91 Å². The molecule has 0 atom stereocenters. The van der Waals surface area contributed by atoms with E-state index in [1.54, 1.807) is 0 Å². The summed E-state index contributed by atoms with van der Waals surface area (Å²) in [6.07, 6.45) is 0. The highest BCUT2D eigenvalue weighted by Gasteiger charge is 2.23. The summed E-state index contributed by atoms with van der Waals surface area (Å²) in [5, 5.41) is 1.41. The van der Waals surface area contributed by atoms with E-state index < -0.39 is 0 Å². The van der Waals surface area contributed by atoms with Crippen LogP contribution in [0.1, 0.15) is 21.5 Å². The molecular formula is C25H24Cl2N2O2. The number of amides is 1. The Morgan fingerprint density at radius 1 is 0.935 bits per heavy atom. The molecule has 3 aromatic rings. The summed E-state index contributed by atoms with van der Waals surface area (Å²) >= 11 is 12.3. The van der Waals surface area contributed by atoms with Gasteiger partial charge in [-0.05, 0) is 55.0 Å². The zero-order valence-corrected chi connectivity index (χ0v) is 18.9. The fourth-order valence-corrected chi connectivity index (χ4v) is 4.08. The molecule has 3 aromatic carbocycles. The summed E-state index contributed by atoms with van der Waals surface area (Å²) in [4.78, 5) is 17.1. The predicted molar refractivity (Wildman–Crippen MR) is 127 cm³/mol. The molecule has 1 saturated heterocycles. The third kappa shape index (κ3) is 5.15. The average Bonchev–Trinajstić information content (AvgIpc) is 2.80. The summed E-state index contributed by atoms with van der Waals surface area (Å²) in [5.41, 5.74) is 3.92. The largest absolute Gasteiger partial charge is 0.489 e. The number of hydrogen-bond acceptors (Lipinski definition) is 3. The number of rotatable bonds is 5. The number of nitrogens with zero attached hydrogens (tertiary/aromatic N) is 2. The maximum atomic E-state index is 12.9. The molecule has 0 unspecified atom stereocenters. The van der Waals surface area contributed by atoms with Gasteiger partial charge in [0, 0.05) is 53.0 Å². The van der Waals surface area contributed by atoms with Crippen molar-refractivity contribution in [3.05, 3.63) is 93.5 Å². The molecule has 1 aliphatic heterocycles. The molecule has 1 aliphatic rings. The van der Waals surface area contributed by atoms with E-state index in [-0.39, 0.29) is 5.91 Å². The number of ether oxygens (including phenoxy) is 1. The minimum absolute atomic E-state index is 0.0418. The molecule has 0 spiro atoms. The van der Waals surface area contributed by atoms with Gasteiger partial charge in [-0.2, -0.15) is 0 Å². The number of carbonyl (C=O) groups excluding carboxylic acids is 1. The Kier molecular flexibility index (Phi) is 6.69. The Balaban J connectivity index is 1.34. The van der Waals surface area contributed by atoms with E-state index in [4.69, 9.17) is 27.9 Å². The summed E-state index contributed by atoms with van der Waals surface area (Å²) in [6.45, 7) is 5.39. The molecule has 0 N–H and O–H groups in total. The average molecular weight is 455 g/mol. The number of aryl methyl sites for hydroxylation is 1. The molecule has 160 valence electrons. The first kappa shape index (κ1) is 21.5. The van der Waals surface area contributed by atoms with Crippen LogP contribution in [0.5, 0.6) is 5.75 Å². The lowest BCUT2D eigenvalue weighted by molar-refractivity contribution is 0.0746. The zero-order chi connectivity index (χ0) is 21.8. The van der Waals surface area contributed by atoms with Gasteiger partial charge in [-0.1, -0.05) is 47.5 Å². The van der Waals surface area contributed by atoms with Gasteiger partial charge >= 0.3 is 0 Å². The number of hydrogen-bond donors (Lipinski definition) is 0. The molecule has 4 rings (SSSR count). The number of piperazine rings is 1. The topological polar surface area (TPSA) is 32.8 Å². The van der Waals surface area contributed by atoms with Crippen LogP contribution in [-0.2, 0) is 6.61 Å². The van der Waals surface area contributed by atoms with Gasteiger partial charge in [0.15, 0.2) is 0 Å². The number of anilines is 1. The van der Waals surface area contributed by atoms with Gasteiger partial charge in [-0.3, -0.25) is 4.79 Å². The lowest BCUT2D eigenvalue weighted by Crippen LogP contribution is -2.49. The first-order valence-corrected chi connectivity index (χ1v) is 11.0. The van der Waals surface area contributed by atoms with Gasteiger partial charge in [0.1, 0.15) is 12.4 Å². The minimum atomic E-state index is 0.0418. The third-order valence-corrected chi connectivity index (χ3v) is 6.14. The smallest absolute Gasteiger partial charge is 0.253 e. The molecule has 0 aromatic heterocycles. The minimum Gasteiger partial charge on any atom is -0.489 e. The first-order valence-electron chi connectivity index (χ1n) is 10.3. The Hall–Kier alpha value is -2.69. The van der Waals surface area contributed by atoms with Gasteiger partial charge in [-0.25, -0.2) is 0 Å². The second-order valence-corrected chi connectivity index (χ2v) is 8.46. The van der Waals surface area contributed by atoms with Crippen LogP contribution in [0.4, 0.5) is 5.69 Å². The SMILES string of the molecule is Cc1ccc(Cl)cc1N1CCN(C(=O)c2ccc(OCc3ccccc3Cl)cc2)CC1. The van der Waals surface area contributed by atoms with Gasteiger partial charge in [-0.15, -0.1) is 0 Å². The van der Waals surface area contributed by atoms with Crippen LogP contribution in [0.3, 0.4) is 0 Å². The van der Waals surface area contributed by atoms with E-state index in [1.165, 1.54) is 5.56 Å². The molecule has 6 heteroatoms. The Bertz CT molecular complexity index is 1060. The second-order valence-electron chi connectivity index (χ2n) is 7.61. The van der Waals surface area contributed by atoms with Gasteiger partial charge < -0.3 is 14.5 Å². The number of benzene rings is 3. The molecule has 1 fully saturated rings. The van der Waals surface area contributed by atoms with Crippen LogP contribution in [0.2, 0.25) is 10.0 Å². The molecule has 0 radical (unpaired) electrons. The van der Waals surface area contributed by atoms with Crippen LogP contribution >= 0.6 is 23.2 Å². The first-order chi connectivity index (χ1) is 15.0. The second kappa shape index (κ2) is 9.63. The van der Waals surface area contributed by atoms with Crippen molar-refractivity contribution in [2.24, 2.45) is 0 Å². The summed E-state index contributed by atoms with van der Waals surface area (Å²) in [5.74, 6) is 0.748.